The van der Waals surface area contributed by atoms with Crippen molar-refractivity contribution in [3.05, 3.63) is 0 Å². The molecule has 0 aliphatic heterocycles. The van der Waals surface area contributed by atoms with E-state index in [9.17, 15) is 4.79 Å². The number of ketones is 1. The summed E-state index contributed by atoms with van der Waals surface area (Å²) in [5, 5.41) is 8.74. The molecule has 3 nitrogen and oxygen atoms in total. The number of ether oxygens (including phenoxy) is 1. The molecule has 0 radical (unpaired) electrons. The second kappa shape index (κ2) is 12.2. The first-order valence-electron chi connectivity index (χ1n) is 8.76. The maximum absolute atomic E-state index is 12.2. The number of carbonyl (C=O) groups excluding carboxylic acids is 1. The fourth-order valence-corrected chi connectivity index (χ4v) is 2.37. The molecule has 3 heteroatoms. The fraction of sp³-hybridized carbons (Fsp3) is 0.944. The zero-order valence-corrected chi connectivity index (χ0v) is 14.6. The average Bonchev–Trinajstić information content (AvgIpc) is 2.47. The standard InChI is InChI=1S/C18H36O3/c1-5-7-9-12-16(6-2)15-21-18(3,4)17(20)13-10-8-11-14-19/h16,19H,5-15H2,1-4H3. The van der Waals surface area contributed by atoms with E-state index in [1.165, 1.54) is 25.7 Å². The van der Waals surface area contributed by atoms with Gasteiger partial charge in [0.15, 0.2) is 5.78 Å². The van der Waals surface area contributed by atoms with Gasteiger partial charge in [0, 0.05) is 13.0 Å². The number of rotatable bonds is 14. The van der Waals surface area contributed by atoms with Crippen LogP contribution in [0.25, 0.3) is 0 Å². The van der Waals surface area contributed by atoms with Crippen LogP contribution in [-0.2, 0) is 9.53 Å². The van der Waals surface area contributed by atoms with Gasteiger partial charge in [0.1, 0.15) is 5.60 Å². The first kappa shape index (κ1) is 20.6. The summed E-state index contributed by atoms with van der Waals surface area (Å²) in [4.78, 5) is 12.2. The molecule has 0 saturated carbocycles. The highest BCUT2D eigenvalue weighted by molar-refractivity contribution is 5.86. The van der Waals surface area contributed by atoms with Crippen molar-refractivity contribution in [2.75, 3.05) is 13.2 Å². The minimum Gasteiger partial charge on any atom is -0.396 e. The van der Waals surface area contributed by atoms with Gasteiger partial charge in [0.05, 0.1) is 6.61 Å². The topological polar surface area (TPSA) is 46.5 Å². The maximum Gasteiger partial charge on any atom is 0.164 e. The molecule has 0 saturated heterocycles. The summed E-state index contributed by atoms with van der Waals surface area (Å²) in [5.74, 6) is 0.752. The number of Topliss-reactive ketones (excluding diaryl/α,β-unsaturated/α-hetero) is 1. The van der Waals surface area contributed by atoms with Crippen LogP contribution >= 0.6 is 0 Å². The molecular weight excluding hydrogens is 264 g/mol. The normalized spacial score (nSPS) is 13.4. The number of carbonyl (C=O) groups is 1. The highest BCUT2D eigenvalue weighted by Gasteiger charge is 2.28. The van der Waals surface area contributed by atoms with Crippen molar-refractivity contribution in [1.29, 1.82) is 0 Å². The minimum atomic E-state index is -0.669. The molecule has 1 unspecified atom stereocenters. The average molecular weight is 300 g/mol. The van der Waals surface area contributed by atoms with Gasteiger partial charge in [-0.15, -0.1) is 0 Å². The van der Waals surface area contributed by atoms with Crippen molar-refractivity contribution in [2.45, 2.75) is 91.1 Å². The van der Waals surface area contributed by atoms with Gasteiger partial charge in [-0.2, -0.15) is 0 Å². The Hall–Kier alpha value is -0.410. The van der Waals surface area contributed by atoms with Crippen LogP contribution in [-0.4, -0.2) is 29.7 Å². The molecule has 126 valence electrons. The lowest BCUT2D eigenvalue weighted by Crippen LogP contribution is -2.36. The number of aliphatic hydroxyl groups is 1. The van der Waals surface area contributed by atoms with Crippen molar-refractivity contribution in [3.63, 3.8) is 0 Å². The van der Waals surface area contributed by atoms with E-state index in [1.807, 2.05) is 13.8 Å². The van der Waals surface area contributed by atoms with Crippen LogP contribution in [0.2, 0.25) is 0 Å². The highest BCUT2D eigenvalue weighted by atomic mass is 16.5. The predicted octanol–water partition coefficient (Wildman–Crippen LogP) is 4.51. The molecule has 0 aromatic carbocycles. The quantitative estimate of drug-likeness (QED) is 0.480. The van der Waals surface area contributed by atoms with E-state index in [0.717, 1.165) is 25.7 Å². The molecule has 0 heterocycles. The van der Waals surface area contributed by atoms with E-state index in [2.05, 4.69) is 13.8 Å². The molecule has 0 spiro atoms. The monoisotopic (exact) mass is 300 g/mol. The zero-order valence-electron chi connectivity index (χ0n) is 14.6. The Labute approximate surface area is 131 Å². The van der Waals surface area contributed by atoms with Gasteiger partial charge < -0.3 is 9.84 Å². The summed E-state index contributed by atoms with van der Waals surface area (Å²) < 4.78 is 5.93. The minimum absolute atomic E-state index is 0.184. The Kier molecular flexibility index (Phi) is 11.9. The third kappa shape index (κ3) is 10.0. The third-order valence-corrected chi connectivity index (χ3v) is 4.21. The summed E-state index contributed by atoms with van der Waals surface area (Å²) >= 11 is 0. The molecule has 0 amide bonds. The van der Waals surface area contributed by atoms with Crippen LogP contribution in [0.3, 0.4) is 0 Å². The number of hydrogen-bond acceptors (Lipinski definition) is 3. The second-order valence-corrected chi connectivity index (χ2v) is 6.55. The fourth-order valence-electron chi connectivity index (χ4n) is 2.37. The highest BCUT2D eigenvalue weighted by Crippen LogP contribution is 2.20. The molecule has 0 aromatic rings. The molecule has 0 fully saturated rings. The summed E-state index contributed by atoms with van der Waals surface area (Å²) in [6.07, 6.45) is 9.19. The first-order valence-corrected chi connectivity index (χ1v) is 8.76. The maximum atomic E-state index is 12.2. The van der Waals surface area contributed by atoms with Gasteiger partial charge in [-0.25, -0.2) is 0 Å². The van der Waals surface area contributed by atoms with Crippen LogP contribution in [0.4, 0.5) is 0 Å². The van der Waals surface area contributed by atoms with Gasteiger partial charge in [0.25, 0.3) is 0 Å². The second-order valence-electron chi connectivity index (χ2n) is 6.55. The molecule has 0 aromatic heterocycles. The van der Waals surface area contributed by atoms with Gasteiger partial charge in [0.2, 0.25) is 0 Å². The van der Waals surface area contributed by atoms with E-state index >= 15 is 0 Å². The van der Waals surface area contributed by atoms with Crippen LogP contribution in [0, 0.1) is 5.92 Å². The molecule has 21 heavy (non-hydrogen) atoms. The largest absolute Gasteiger partial charge is 0.396 e. The van der Waals surface area contributed by atoms with Crippen LogP contribution < -0.4 is 0 Å². The Morgan fingerprint density at radius 3 is 2.38 bits per heavy atom. The lowest BCUT2D eigenvalue weighted by atomic mass is 9.96. The van der Waals surface area contributed by atoms with E-state index in [1.54, 1.807) is 0 Å². The van der Waals surface area contributed by atoms with Crippen molar-refractivity contribution < 1.29 is 14.6 Å². The molecule has 0 rings (SSSR count). The zero-order chi connectivity index (χ0) is 16.1. The number of hydrogen-bond donors (Lipinski definition) is 1. The van der Waals surface area contributed by atoms with Crippen molar-refractivity contribution in [2.24, 2.45) is 5.92 Å². The Morgan fingerprint density at radius 2 is 1.81 bits per heavy atom. The van der Waals surface area contributed by atoms with Gasteiger partial charge >= 0.3 is 0 Å². The smallest absolute Gasteiger partial charge is 0.164 e. The lowest BCUT2D eigenvalue weighted by molar-refractivity contribution is -0.142. The van der Waals surface area contributed by atoms with Crippen molar-refractivity contribution >= 4 is 5.78 Å². The molecule has 1 atom stereocenters. The molecule has 0 aliphatic rings. The summed E-state index contributed by atoms with van der Waals surface area (Å²) in [6.45, 7) is 9.10. The number of aliphatic hydroxyl groups excluding tert-OH is 1. The summed E-state index contributed by atoms with van der Waals surface area (Å²) in [6, 6.07) is 0. The van der Waals surface area contributed by atoms with E-state index in [-0.39, 0.29) is 12.4 Å². The first-order chi connectivity index (χ1) is 9.97. The Morgan fingerprint density at radius 1 is 1.10 bits per heavy atom. The Balaban J connectivity index is 4.03. The van der Waals surface area contributed by atoms with E-state index in [4.69, 9.17) is 9.84 Å². The van der Waals surface area contributed by atoms with Crippen molar-refractivity contribution in [1.82, 2.24) is 0 Å². The predicted molar refractivity (Wildman–Crippen MR) is 88.5 cm³/mol. The molecule has 1 N–H and O–H groups in total. The van der Waals surface area contributed by atoms with Crippen LogP contribution in [0.15, 0.2) is 0 Å². The van der Waals surface area contributed by atoms with E-state index in [0.29, 0.717) is 18.9 Å². The number of unbranched alkanes of at least 4 members (excludes halogenated alkanes) is 4. The van der Waals surface area contributed by atoms with Crippen LogP contribution in [0.5, 0.6) is 0 Å². The van der Waals surface area contributed by atoms with Gasteiger partial charge in [-0.1, -0.05) is 46.0 Å². The summed E-state index contributed by atoms with van der Waals surface area (Å²) in [7, 11) is 0. The summed E-state index contributed by atoms with van der Waals surface area (Å²) in [5.41, 5.74) is -0.669. The molecule has 0 bridgehead atoms. The van der Waals surface area contributed by atoms with Gasteiger partial charge in [-0.05, 0) is 39.0 Å². The molecular formula is C18H36O3. The molecule has 0 aliphatic carbocycles. The van der Waals surface area contributed by atoms with Crippen molar-refractivity contribution in [3.8, 4) is 0 Å². The van der Waals surface area contributed by atoms with Gasteiger partial charge in [-0.3, -0.25) is 4.79 Å². The van der Waals surface area contributed by atoms with E-state index < -0.39 is 5.60 Å². The third-order valence-electron chi connectivity index (χ3n) is 4.21. The van der Waals surface area contributed by atoms with Crippen LogP contribution in [0.1, 0.15) is 85.5 Å². The Bertz CT molecular complexity index is 261. The lowest BCUT2D eigenvalue weighted by Gasteiger charge is -2.27. The SMILES string of the molecule is CCCCCC(CC)COC(C)(C)C(=O)CCCCCO.